The van der Waals surface area contributed by atoms with Gasteiger partial charge in [-0.05, 0) is 73.5 Å². The second kappa shape index (κ2) is 10.3. The van der Waals surface area contributed by atoms with E-state index in [1.807, 2.05) is 6.92 Å². The summed E-state index contributed by atoms with van der Waals surface area (Å²) in [5.74, 6) is -1.13. The Hall–Kier alpha value is -3.72. The lowest BCUT2D eigenvalue weighted by Gasteiger charge is -2.12. The molecule has 0 radical (unpaired) electrons. The molecule has 0 saturated carbocycles. The second-order valence-electron chi connectivity index (χ2n) is 7.33. The van der Waals surface area contributed by atoms with Gasteiger partial charge in [0, 0.05) is 29.9 Å². The minimum absolute atomic E-state index is 0.0965. The fourth-order valence-corrected chi connectivity index (χ4v) is 4.19. The van der Waals surface area contributed by atoms with Crippen LogP contribution in [0.15, 0.2) is 71.6 Å². The van der Waals surface area contributed by atoms with Crippen LogP contribution in [-0.2, 0) is 16.6 Å². The standard InChI is InChI=1S/C24H24FN3O4S/c1-3-26-23(29)18-6-4-5-17(13-18)15-27-24(30)22-14-21(12-7-16(22)2)33(31,32)28-20-10-8-19(25)9-11-20/h4-14,28H,3,15H2,1-2H3,(H,26,29)(H,27,30). The summed E-state index contributed by atoms with van der Waals surface area (Å²) >= 11 is 0. The molecule has 3 aromatic rings. The van der Waals surface area contributed by atoms with Gasteiger partial charge in [0.1, 0.15) is 5.82 Å². The van der Waals surface area contributed by atoms with Crippen LogP contribution >= 0.6 is 0 Å². The van der Waals surface area contributed by atoms with Crippen molar-refractivity contribution >= 4 is 27.5 Å². The predicted octanol–water partition coefficient (Wildman–Crippen LogP) is 3.61. The van der Waals surface area contributed by atoms with Crippen LogP contribution in [0.3, 0.4) is 0 Å². The van der Waals surface area contributed by atoms with E-state index < -0.39 is 21.7 Å². The number of carbonyl (C=O) groups excluding carboxylic acids is 2. The molecule has 0 aromatic heterocycles. The van der Waals surface area contributed by atoms with Crippen molar-refractivity contribution in [2.45, 2.75) is 25.3 Å². The molecule has 3 aromatic carbocycles. The highest BCUT2D eigenvalue weighted by Gasteiger charge is 2.18. The van der Waals surface area contributed by atoms with Gasteiger partial charge < -0.3 is 10.6 Å². The summed E-state index contributed by atoms with van der Waals surface area (Å²) in [4.78, 5) is 24.7. The molecule has 0 aliphatic rings. The zero-order chi connectivity index (χ0) is 24.0. The molecule has 0 heterocycles. The van der Waals surface area contributed by atoms with E-state index in [0.29, 0.717) is 17.7 Å². The van der Waals surface area contributed by atoms with E-state index in [2.05, 4.69) is 15.4 Å². The normalized spacial score (nSPS) is 11.0. The van der Waals surface area contributed by atoms with E-state index in [-0.39, 0.29) is 28.6 Å². The maximum atomic E-state index is 13.1. The molecule has 172 valence electrons. The first-order chi connectivity index (χ1) is 15.7. The molecule has 0 saturated heterocycles. The molecule has 0 unspecified atom stereocenters. The van der Waals surface area contributed by atoms with Crippen LogP contribution in [0, 0.1) is 12.7 Å². The zero-order valence-corrected chi connectivity index (χ0v) is 19.0. The number of rotatable bonds is 8. The quantitative estimate of drug-likeness (QED) is 0.469. The van der Waals surface area contributed by atoms with Crippen LogP contribution in [-0.4, -0.2) is 26.8 Å². The van der Waals surface area contributed by atoms with Crippen LogP contribution in [0.5, 0.6) is 0 Å². The Morgan fingerprint density at radius 3 is 2.33 bits per heavy atom. The van der Waals surface area contributed by atoms with Gasteiger partial charge in [0.15, 0.2) is 0 Å². The van der Waals surface area contributed by atoms with E-state index in [1.54, 1.807) is 37.3 Å². The first-order valence-corrected chi connectivity index (χ1v) is 11.7. The number of anilines is 1. The lowest BCUT2D eigenvalue weighted by Crippen LogP contribution is -2.25. The van der Waals surface area contributed by atoms with Gasteiger partial charge in [0.25, 0.3) is 21.8 Å². The van der Waals surface area contributed by atoms with Gasteiger partial charge in [-0.1, -0.05) is 18.2 Å². The van der Waals surface area contributed by atoms with Crippen LogP contribution in [0.25, 0.3) is 0 Å². The van der Waals surface area contributed by atoms with Crippen LogP contribution < -0.4 is 15.4 Å². The third kappa shape index (κ3) is 6.17. The minimum Gasteiger partial charge on any atom is -0.352 e. The summed E-state index contributed by atoms with van der Waals surface area (Å²) in [5, 5.41) is 5.48. The molecule has 0 aliphatic heterocycles. The monoisotopic (exact) mass is 469 g/mol. The molecule has 7 nitrogen and oxygen atoms in total. The van der Waals surface area contributed by atoms with Gasteiger partial charge in [-0.2, -0.15) is 0 Å². The molecule has 9 heteroatoms. The van der Waals surface area contributed by atoms with Crippen molar-refractivity contribution in [3.05, 3.63) is 94.8 Å². The Balaban J connectivity index is 1.75. The number of nitrogens with one attached hydrogen (secondary N) is 3. The van der Waals surface area contributed by atoms with Gasteiger partial charge in [-0.15, -0.1) is 0 Å². The van der Waals surface area contributed by atoms with Gasteiger partial charge in [-0.25, -0.2) is 12.8 Å². The van der Waals surface area contributed by atoms with Crippen LogP contribution in [0.4, 0.5) is 10.1 Å². The van der Waals surface area contributed by atoms with E-state index >= 15 is 0 Å². The lowest BCUT2D eigenvalue weighted by molar-refractivity contribution is 0.0946. The Morgan fingerprint density at radius 1 is 0.909 bits per heavy atom. The van der Waals surface area contributed by atoms with Crippen molar-refractivity contribution in [1.29, 1.82) is 0 Å². The molecule has 0 atom stereocenters. The predicted molar refractivity (Wildman–Crippen MR) is 124 cm³/mol. The summed E-state index contributed by atoms with van der Waals surface area (Å²) in [7, 11) is -3.98. The minimum atomic E-state index is -3.98. The van der Waals surface area contributed by atoms with Crippen molar-refractivity contribution in [2.75, 3.05) is 11.3 Å². The Labute approximate surface area is 192 Å². The van der Waals surface area contributed by atoms with Crippen molar-refractivity contribution in [2.24, 2.45) is 0 Å². The summed E-state index contributed by atoms with van der Waals surface area (Å²) in [5.41, 5.74) is 2.22. The van der Waals surface area contributed by atoms with E-state index in [0.717, 1.165) is 17.7 Å². The van der Waals surface area contributed by atoms with Crippen molar-refractivity contribution in [3.63, 3.8) is 0 Å². The third-order valence-corrected chi connectivity index (χ3v) is 6.22. The van der Waals surface area contributed by atoms with Crippen molar-refractivity contribution < 1.29 is 22.4 Å². The highest BCUT2D eigenvalue weighted by atomic mass is 32.2. The Kier molecular flexibility index (Phi) is 7.44. The van der Waals surface area contributed by atoms with Gasteiger partial charge in [-0.3, -0.25) is 14.3 Å². The third-order valence-electron chi connectivity index (χ3n) is 4.84. The number of aryl methyl sites for hydroxylation is 1. The van der Waals surface area contributed by atoms with Gasteiger partial charge in [0.2, 0.25) is 0 Å². The molecule has 0 spiro atoms. The molecule has 0 aliphatic carbocycles. The number of benzene rings is 3. The molecule has 0 bridgehead atoms. The highest BCUT2D eigenvalue weighted by molar-refractivity contribution is 7.92. The highest BCUT2D eigenvalue weighted by Crippen LogP contribution is 2.20. The summed E-state index contributed by atoms with van der Waals surface area (Å²) in [6.07, 6.45) is 0. The van der Waals surface area contributed by atoms with E-state index in [4.69, 9.17) is 0 Å². The van der Waals surface area contributed by atoms with Crippen LogP contribution in [0.1, 0.15) is 38.8 Å². The summed E-state index contributed by atoms with van der Waals surface area (Å²) in [6.45, 7) is 4.20. The molecule has 2 amide bonds. The maximum Gasteiger partial charge on any atom is 0.261 e. The fourth-order valence-electron chi connectivity index (χ4n) is 3.11. The maximum absolute atomic E-state index is 13.1. The smallest absolute Gasteiger partial charge is 0.261 e. The summed E-state index contributed by atoms with van der Waals surface area (Å²) in [6, 6.07) is 16.0. The Bertz CT molecular complexity index is 1280. The number of carbonyl (C=O) groups is 2. The van der Waals surface area contributed by atoms with E-state index in [9.17, 15) is 22.4 Å². The number of halogens is 1. The fraction of sp³-hybridized carbons (Fsp3) is 0.167. The largest absolute Gasteiger partial charge is 0.352 e. The zero-order valence-electron chi connectivity index (χ0n) is 18.2. The molecule has 3 N–H and O–H groups in total. The SMILES string of the molecule is CCNC(=O)c1cccc(CNC(=O)c2cc(S(=O)(=O)Nc3ccc(F)cc3)ccc2C)c1. The molecular formula is C24H24FN3O4S. The number of hydrogen-bond donors (Lipinski definition) is 3. The Morgan fingerprint density at radius 2 is 1.64 bits per heavy atom. The van der Waals surface area contributed by atoms with Crippen molar-refractivity contribution in [1.82, 2.24) is 10.6 Å². The van der Waals surface area contributed by atoms with Gasteiger partial charge in [0.05, 0.1) is 4.90 Å². The lowest BCUT2D eigenvalue weighted by atomic mass is 10.1. The molecule has 0 fully saturated rings. The van der Waals surface area contributed by atoms with Crippen molar-refractivity contribution in [3.8, 4) is 0 Å². The average molecular weight is 470 g/mol. The first kappa shape index (κ1) is 23.9. The number of hydrogen-bond acceptors (Lipinski definition) is 4. The van der Waals surface area contributed by atoms with E-state index in [1.165, 1.54) is 24.3 Å². The van der Waals surface area contributed by atoms with Crippen LogP contribution in [0.2, 0.25) is 0 Å². The molecular weight excluding hydrogens is 445 g/mol. The number of sulfonamides is 1. The van der Waals surface area contributed by atoms with Gasteiger partial charge >= 0.3 is 0 Å². The first-order valence-electron chi connectivity index (χ1n) is 10.2. The second-order valence-corrected chi connectivity index (χ2v) is 9.01. The molecule has 33 heavy (non-hydrogen) atoms. The average Bonchev–Trinajstić information content (AvgIpc) is 2.79. The topological polar surface area (TPSA) is 104 Å². The summed E-state index contributed by atoms with van der Waals surface area (Å²) < 4.78 is 40.9. The molecule has 3 rings (SSSR count). The number of amides is 2.